The molecule has 0 spiro atoms. The van der Waals surface area contributed by atoms with Gasteiger partial charge in [0.15, 0.2) is 9.84 Å². The van der Waals surface area contributed by atoms with Crippen LogP contribution in [0.25, 0.3) is 0 Å². The van der Waals surface area contributed by atoms with Crippen molar-refractivity contribution in [1.82, 2.24) is 4.98 Å². The van der Waals surface area contributed by atoms with Crippen molar-refractivity contribution in [1.29, 1.82) is 0 Å². The number of hydrogen-bond donors (Lipinski definition) is 0. The molecule has 0 saturated heterocycles. The first kappa shape index (κ1) is 16.7. The molecule has 1 aromatic carbocycles. The van der Waals surface area contributed by atoms with E-state index in [9.17, 15) is 8.42 Å². The van der Waals surface area contributed by atoms with E-state index < -0.39 is 9.84 Å². The minimum absolute atomic E-state index is 0.182. The molecular weight excluding hydrogens is 353 g/mol. The lowest BCUT2D eigenvalue weighted by Crippen LogP contribution is -2.07. The molecular formula is C17H17Cl2NO2S. The smallest absolute Gasteiger partial charge is 0.176 e. The van der Waals surface area contributed by atoms with E-state index in [0.717, 1.165) is 30.5 Å². The van der Waals surface area contributed by atoms with Gasteiger partial charge in [-0.1, -0.05) is 35.7 Å². The second-order valence-electron chi connectivity index (χ2n) is 6.01. The summed E-state index contributed by atoms with van der Waals surface area (Å²) in [6.45, 7) is 0. The molecule has 1 aromatic heterocycles. The number of aromatic nitrogens is 1. The highest BCUT2D eigenvalue weighted by molar-refractivity contribution is 7.90. The van der Waals surface area contributed by atoms with Crippen LogP contribution in [0.3, 0.4) is 0 Å². The fourth-order valence-corrected chi connectivity index (χ4v) is 4.82. The molecule has 1 saturated carbocycles. The second-order valence-corrected chi connectivity index (χ2v) is 8.83. The van der Waals surface area contributed by atoms with Gasteiger partial charge >= 0.3 is 0 Å². The quantitative estimate of drug-likeness (QED) is 0.777. The van der Waals surface area contributed by atoms with Crippen molar-refractivity contribution in [2.24, 2.45) is 0 Å². The SMILES string of the molecule is CS(=O)(=O)c1ccc(C2CCCC2c2ccc(Cl)cn2)cc1Cl. The normalized spacial score (nSPS) is 21.5. The van der Waals surface area contributed by atoms with E-state index >= 15 is 0 Å². The molecule has 0 N–H and O–H groups in total. The third-order valence-corrected chi connectivity index (χ3v) is 6.23. The van der Waals surface area contributed by atoms with E-state index in [1.54, 1.807) is 18.3 Å². The van der Waals surface area contributed by atoms with Crippen molar-refractivity contribution in [2.75, 3.05) is 6.26 Å². The summed E-state index contributed by atoms with van der Waals surface area (Å²) in [6.07, 6.45) is 6.06. The monoisotopic (exact) mass is 369 g/mol. The maximum absolute atomic E-state index is 11.7. The van der Waals surface area contributed by atoms with E-state index in [2.05, 4.69) is 4.98 Å². The fraction of sp³-hybridized carbons (Fsp3) is 0.353. The largest absolute Gasteiger partial charge is 0.259 e. The Bertz CT molecular complexity index is 819. The topological polar surface area (TPSA) is 47.0 Å². The standard InChI is InChI=1S/C17H17Cl2NO2S/c1-23(21,22)17-8-5-11(9-15(17)19)13-3-2-4-14(13)16-7-6-12(18)10-20-16/h5-10,13-14H,2-4H2,1H3. The van der Waals surface area contributed by atoms with Crippen LogP contribution in [0.1, 0.15) is 42.4 Å². The highest BCUT2D eigenvalue weighted by Gasteiger charge is 2.31. The number of pyridine rings is 1. The van der Waals surface area contributed by atoms with Crippen LogP contribution in [-0.2, 0) is 9.84 Å². The van der Waals surface area contributed by atoms with Crippen LogP contribution >= 0.6 is 23.2 Å². The number of halogens is 2. The maximum Gasteiger partial charge on any atom is 0.176 e. The summed E-state index contributed by atoms with van der Waals surface area (Å²) in [7, 11) is -3.30. The van der Waals surface area contributed by atoms with E-state index in [4.69, 9.17) is 23.2 Å². The first-order chi connectivity index (χ1) is 10.9. The average molecular weight is 370 g/mol. The van der Waals surface area contributed by atoms with E-state index in [1.807, 2.05) is 18.2 Å². The van der Waals surface area contributed by atoms with Gasteiger partial charge in [0, 0.05) is 24.1 Å². The summed E-state index contributed by atoms with van der Waals surface area (Å²) in [6, 6.07) is 9.10. The third-order valence-electron chi connectivity index (χ3n) is 4.43. The lowest BCUT2D eigenvalue weighted by Gasteiger charge is -2.20. The average Bonchev–Trinajstić information content (AvgIpc) is 2.96. The molecule has 2 atom stereocenters. The Hall–Kier alpha value is -1.10. The summed E-state index contributed by atoms with van der Waals surface area (Å²) in [5.74, 6) is 0.613. The summed E-state index contributed by atoms with van der Waals surface area (Å²) in [4.78, 5) is 4.64. The molecule has 0 aliphatic heterocycles. The van der Waals surface area contributed by atoms with Crippen LogP contribution in [0.5, 0.6) is 0 Å². The zero-order valence-corrected chi connectivity index (χ0v) is 15.0. The predicted molar refractivity (Wildman–Crippen MR) is 93.1 cm³/mol. The Morgan fingerprint density at radius 3 is 2.43 bits per heavy atom. The molecule has 0 bridgehead atoms. The van der Waals surface area contributed by atoms with E-state index in [-0.39, 0.29) is 4.90 Å². The highest BCUT2D eigenvalue weighted by atomic mass is 35.5. The minimum atomic E-state index is -3.30. The zero-order valence-electron chi connectivity index (χ0n) is 12.7. The van der Waals surface area contributed by atoms with Gasteiger partial charge in [-0.3, -0.25) is 4.98 Å². The van der Waals surface area contributed by atoms with Crippen molar-refractivity contribution < 1.29 is 8.42 Å². The summed E-state index contributed by atoms with van der Waals surface area (Å²) in [5, 5.41) is 0.920. The van der Waals surface area contributed by atoms with Crippen LogP contribution in [-0.4, -0.2) is 19.7 Å². The van der Waals surface area contributed by atoms with Gasteiger partial charge in [0.05, 0.1) is 14.9 Å². The molecule has 1 heterocycles. The van der Waals surface area contributed by atoms with Crippen molar-refractivity contribution in [3.8, 4) is 0 Å². The van der Waals surface area contributed by atoms with E-state index in [0.29, 0.717) is 21.9 Å². The Morgan fingerprint density at radius 1 is 1.09 bits per heavy atom. The molecule has 0 radical (unpaired) electrons. The van der Waals surface area contributed by atoms with Gasteiger partial charge in [-0.05, 0) is 48.6 Å². The van der Waals surface area contributed by atoms with E-state index in [1.165, 1.54) is 6.26 Å². The third kappa shape index (κ3) is 3.54. The van der Waals surface area contributed by atoms with Gasteiger partial charge in [-0.25, -0.2) is 8.42 Å². The Labute approximate surface area is 146 Å². The number of nitrogens with zero attached hydrogens (tertiary/aromatic N) is 1. The van der Waals surface area contributed by atoms with Crippen LogP contribution < -0.4 is 0 Å². The molecule has 23 heavy (non-hydrogen) atoms. The van der Waals surface area contributed by atoms with Crippen LogP contribution in [0, 0.1) is 0 Å². The van der Waals surface area contributed by atoms with Crippen LogP contribution in [0.2, 0.25) is 10.0 Å². The van der Waals surface area contributed by atoms with Crippen molar-refractivity contribution in [2.45, 2.75) is 36.0 Å². The summed E-state index contributed by atoms with van der Waals surface area (Å²) >= 11 is 12.1. The van der Waals surface area contributed by atoms with Crippen molar-refractivity contribution in [3.63, 3.8) is 0 Å². The molecule has 1 aliphatic rings. The maximum atomic E-state index is 11.7. The van der Waals surface area contributed by atoms with Crippen molar-refractivity contribution in [3.05, 3.63) is 57.8 Å². The van der Waals surface area contributed by atoms with Gasteiger partial charge in [-0.15, -0.1) is 0 Å². The van der Waals surface area contributed by atoms with Gasteiger partial charge in [0.2, 0.25) is 0 Å². The number of hydrogen-bond acceptors (Lipinski definition) is 3. The van der Waals surface area contributed by atoms with Gasteiger partial charge in [0.25, 0.3) is 0 Å². The first-order valence-corrected chi connectivity index (χ1v) is 10.1. The van der Waals surface area contributed by atoms with Gasteiger partial charge in [-0.2, -0.15) is 0 Å². The number of sulfone groups is 1. The summed E-state index contributed by atoms with van der Waals surface area (Å²) in [5.41, 5.74) is 2.10. The second kappa shape index (κ2) is 6.42. The zero-order chi connectivity index (χ0) is 16.6. The first-order valence-electron chi connectivity index (χ1n) is 7.47. The van der Waals surface area contributed by atoms with Crippen molar-refractivity contribution >= 4 is 33.0 Å². The molecule has 3 rings (SSSR count). The summed E-state index contributed by atoms with van der Waals surface area (Å²) < 4.78 is 23.4. The van der Waals surface area contributed by atoms with Crippen LogP contribution in [0.4, 0.5) is 0 Å². The lowest BCUT2D eigenvalue weighted by atomic mass is 9.86. The van der Waals surface area contributed by atoms with Crippen LogP contribution in [0.15, 0.2) is 41.4 Å². The number of benzene rings is 1. The molecule has 0 amide bonds. The molecule has 6 heteroatoms. The predicted octanol–water partition coefficient (Wildman–Crippen LogP) is 4.84. The minimum Gasteiger partial charge on any atom is -0.259 e. The molecule has 3 nitrogen and oxygen atoms in total. The number of rotatable bonds is 3. The molecule has 2 aromatic rings. The Balaban J connectivity index is 1.94. The van der Waals surface area contributed by atoms with Gasteiger partial charge in [0.1, 0.15) is 0 Å². The highest BCUT2D eigenvalue weighted by Crippen LogP contribution is 2.46. The lowest BCUT2D eigenvalue weighted by molar-refractivity contribution is 0.599. The molecule has 1 fully saturated rings. The molecule has 2 unspecified atom stereocenters. The molecule has 122 valence electrons. The van der Waals surface area contributed by atoms with Gasteiger partial charge < -0.3 is 0 Å². The Kier molecular flexibility index (Phi) is 4.68. The molecule has 1 aliphatic carbocycles. The Morgan fingerprint density at radius 2 is 1.83 bits per heavy atom. The fourth-order valence-electron chi connectivity index (χ4n) is 3.37.